The van der Waals surface area contributed by atoms with E-state index < -0.39 is 0 Å². The van der Waals surface area contributed by atoms with Gasteiger partial charge in [-0.2, -0.15) is 0 Å². The molecule has 0 spiro atoms. The number of nitrogens with zero attached hydrogens (tertiary/aromatic N) is 1. The summed E-state index contributed by atoms with van der Waals surface area (Å²) in [6.07, 6.45) is 0. The molecule has 0 fully saturated rings. The first-order valence-electron chi connectivity index (χ1n) is 19.4. The quantitative estimate of drug-likeness (QED) is 0.156. The van der Waals surface area contributed by atoms with Gasteiger partial charge in [-0.05, 0) is 95.3 Å². The minimum atomic E-state index is 1.17. The lowest BCUT2D eigenvalue weighted by molar-refractivity contribution is 1.19. The molecule has 0 N–H and O–H groups in total. The van der Waals surface area contributed by atoms with Gasteiger partial charge in [0.15, 0.2) is 0 Å². The van der Waals surface area contributed by atoms with E-state index in [4.69, 9.17) is 0 Å². The fourth-order valence-electron chi connectivity index (χ4n) is 9.99. The minimum Gasteiger partial charge on any atom is -0.308 e. The molecule has 2 aromatic heterocycles. The lowest BCUT2D eigenvalue weighted by atomic mass is 9.89. The molecule has 0 saturated heterocycles. The first-order chi connectivity index (χ1) is 27.8. The molecular formula is C54H31NS. The van der Waals surface area contributed by atoms with Crippen molar-refractivity contribution < 1.29 is 0 Å². The molecule has 0 saturated carbocycles. The Kier molecular flexibility index (Phi) is 6.11. The second kappa shape index (κ2) is 11.3. The van der Waals surface area contributed by atoms with Crippen molar-refractivity contribution in [1.82, 2.24) is 4.57 Å². The number of rotatable bonds is 2. The van der Waals surface area contributed by atoms with Gasteiger partial charge in [0.05, 0.1) is 15.7 Å². The van der Waals surface area contributed by atoms with Crippen LogP contribution in [0.15, 0.2) is 188 Å². The van der Waals surface area contributed by atoms with Crippen molar-refractivity contribution in [3.8, 4) is 16.8 Å². The van der Waals surface area contributed by atoms with Crippen molar-refractivity contribution in [2.24, 2.45) is 0 Å². The number of hydrogen-bond donors (Lipinski definition) is 0. The molecule has 258 valence electrons. The predicted molar refractivity (Wildman–Crippen MR) is 244 cm³/mol. The first kappa shape index (κ1) is 30.3. The van der Waals surface area contributed by atoms with Crippen LogP contribution in [0.2, 0.25) is 0 Å². The molecule has 0 aliphatic heterocycles. The smallest absolute Gasteiger partial charge is 0.0726 e. The van der Waals surface area contributed by atoms with E-state index in [-0.39, 0.29) is 0 Å². The summed E-state index contributed by atoms with van der Waals surface area (Å²) in [5.74, 6) is 0. The third-order valence-corrected chi connectivity index (χ3v) is 13.5. The molecule has 2 heteroatoms. The third kappa shape index (κ3) is 3.98. The molecule has 0 aliphatic carbocycles. The Morgan fingerprint density at radius 2 is 0.750 bits per heavy atom. The Bertz CT molecular complexity index is 3770. The fourth-order valence-corrected chi connectivity index (χ4v) is 11.2. The van der Waals surface area contributed by atoms with Gasteiger partial charge >= 0.3 is 0 Å². The minimum absolute atomic E-state index is 1.17. The van der Waals surface area contributed by atoms with Gasteiger partial charge in [0.25, 0.3) is 0 Å². The molecule has 13 rings (SSSR count). The monoisotopic (exact) mass is 725 g/mol. The van der Waals surface area contributed by atoms with E-state index in [1.54, 1.807) is 0 Å². The average Bonchev–Trinajstić information content (AvgIpc) is 3.83. The predicted octanol–water partition coefficient (Wildman–Crippen LogP) is 15.7. The standard InChI is InChI=1S/C54H31NS/c1-2-15-37-35(13-1)36-14-3-4-18-40(36)46-31-33(27-30-41(37)46)32-25-28-34(29-26-32)55-47-23-11-9-21-44(47)51-49-42-19-7-5-16-38(42)39-17-6-8-20-43(39)50(49)52-45-22-10-12-24-48(45)56-54(52)53(51)55/h1-31H. The number of benzene rings is 11. The van der Waals surface area contributed by atoms with Gasteiger partial charge in [-0.15, -0.1) is 11.3 Å². The molecule has 56 heavy (non-hydrogen) atoms. The van der Waals surface area contributed by atoms with Crippen molar-refractivity contribution in [3.05, 3.63) is 188 Å². The summed E-state index contributed by atoms with van der Waals surface area (Å²) in [5.41, 5.74) is 6.11. The summed E-state index contributed by atoms with van der Waals surface area (Å²) in [7, 11) is 0. The molecule has 0 amide bonds. The summed E-state index contributed by atoms with van der Waals surface area (Å²) in [4.78, 5) is 0. The van der Waals surface area contributed by atoms with Crippen molar-refractivity contribution in [1.29, 1.82) is 0 Å². The average molecular weight is 726 g/mol. The van der Waals surface area contributed by atoms with Gasteiger partial charge in [0.2, 0.25) is 0 Å². The zero-order chi connectivity index (χ0) is 36.5. The Morgan fingerprint density at radius 1 is 0.304 bits per heavy atom. The van der Waals surface area contributed by atoms with E-state index in [0.717, 1.165) is 0 Å². The van der Waals surface area contributed by atoms with Gasteiger partial charge in [-0.1, -0.05) is 158 Å². The highest BCUT2D eigenvalue weighted by atomic mass is 32.1. The van der Waals surface area contributed by atoms with Crippen LogP contribution in [0, 0.1) is 0 Å². The van der Waals surface area contributed by atoms with Crippen molar-refractivity contribution in [2.75, 3.05) is 0 Å². The van der Waals surface area contributed by atoms with Crippen molar-refractivity contribution >= 4 is 118 Å². The van der Waals surface area contributed by atoms with E-state index in [0.29, 0.717) is 0 Å². The van der Waals surface area contributed by atoms with Crippen LogP contribution in [0.1, 0.15) is 0 Å². The van der Waals surface area contributed by atoms with E-state index >= 15 is 0 Å². The summed E-state index contributed by atoms with van der Waals surface area (Å²) in [5, 5.41) is 21.0. The Labute approximate surface area is 325 Å². The molecule has 0 radical (unpaired) electrons. The van der Waals surface area contributed by atoms with Crippen molar-refractivity contribution in [3.63, 3.8) is 0 Å². The Hall–Kier alpha value is -7.00. The summed E-state index contributed by atoms with van der Waals surface area (Å²) >= 11 is 1.93. The highest BCUT2D eigenvalue weighted by Crippen LogP contribution is 2.51. The highest BCUT2D eigenvalue weighted by Gasteiger charge is 2.24. The Balaban J connectivity index is 1.12. The van der Waals surface area contributed by atoms with E-state index in [1.165, 1.54) is 123 Å². The third-order valence-electron chi connectivity index (χ3n) is 12.3. The molecule has 1 nitrogen and oxygen atoms in total. The first-order valence-corrected chi connectivity index (χ1v) is 20.2. The summed E-state index contributed by atoms with van der Waals surface area (Å²) < 4.78 is 5.19. The van der Waals surface area contributed by atoms with Crippen LogP contribution in [0.3, 0.4) is 0 Å². The highest BCUT2D eigenvalue weighted by molar-refractivity contribution is 7.27. The van der Waals surface area contributed by atoms with Crippen LogP contribution in [0.25, 0.3) is 123 Å². The van der Waals surface area contributed by atoms with Crippen LogP contribution >= 0.6 is 11.3 Å². The van der Waals surface area contributed by atoms with Gasteiger partial charge < -0.3 is 4.57 Å². The number of hydrogen-bond acceptors (Lipinski definition) is 1. The summed E-state index contributed by atoms with van der Waals surface area (Å²) in [6.45, 7) is 0. The van der Waals surface area contributed by atoms with Crippen molar-refractivity contribution in [2.45, 2.75) is 0 Å². The van der Waals surface area contributed by atoms with E-state index in [2.05, 4.69) is 193 Å². The molecule has 13 aromatic rings. The van der Waals surface area contributed by atoms with Crippen LogP contribution in [-0.2, 0) is 0 Å². The molecular weight excluding hydrogens is 695 g/mol. The van der Waals surface area contributed by atoms with E-state index in [1.807, 2.05) is 11.3 Å². The maximum Gasteiger partial charge on any atom is 0.0726 e. The normalized spacial score (nSPS) is 12.3. The molecule has 0 aliphatic rings. The van der Waals surface area contributed by atoms with Gasteiger partial charge in [0, 0.05) is 42.7 Å². The largest absolute Gasteiger partial charge is 0.308 e. The maximum absolute atomic E-state index is 2.54. The van der Waals surface area contributed by atoms with Crippen LogP contribution in [0.5, 0.6) is 0 Å². The summed E-state index contributed by atoms with van der Waals surface area (Å²) in [6, 6.07) is 69.9. The van der Waals surface area contributed by atoms with Gasteiger partial charge in [0.1, 0.15) is 0 Å². The molecule has 2 heterocycles. The molecule has 0 unspecified atom stereocenters. The second-order valence-corrected chi connectivity index (χ2v) is 16.2. The number of thiophene rings is 1. The molecule has 0 bridgehead atoms. The van der Waals surface area contributed by atoms with Gasteiger partial charge in [-0.3, -0.25) is 0 Å². The molecule has 11 aromatic carbocycles. The molecule has 0 atom stereocenters. The van der Waals surface area contributed by atoms with Gasteiger partial charge in [-0.25, -0.2) is 0 Å². The lowest BCUT2D eigenvalue weighted by Crippen LogP contribution is -1.94. The van der Waals surface area contributed by atoms with Crippen LogP contribution in [0.4, 0.5) is 0 Å². The van der Waals surface area contributed by atoms with Crippen LogP contribution < -0.4 is 0 Å². The number of aromatic nitrogens is 1. The second-order valence-electron chi connectivity index (χ2n) is 15.1. The van der Waals surface area contributed by atoms with Crippen LogP contribution in [-0.4, -0.2) is 4.57 Å². The topological polar surface area (TPSA) is 4.93 Å². The Morgan fingerprint density at radius 3 is 1.38 bits per heavy atom. The zero-order valence-electron chi connectivity index (χ0n) is 30.3. The maximum atomic E-state index is 2.54. The lowest BCUT2D eigenvalue weighted by Gasteiger charge is -2.15. The van der Waals surface area contributed by atoms with E-state index in [9.17, 15) is 0 Å². The SMILES string of the molecule is c1ccc2c(c1)sc1c2c2c3ccccc3c3ccccc3c2c2c3ccccc3n(-c3ccc(-c4ccc5c6ccccc6c6ccccc6c5c4)cc3)c12. The fraction of sp³-hybridized carbons (Fsp3) is 0. The number of fused-ring (bicyclic) bond motifs is 21. The number of para-hydroxylation sites is 1. The zero-order valence-corrected chi connectivity index (χ0v) is 31.1.